The van der Waals surface area contributed by atoms with Crippen molar-refractivity contribution < 1.29 is 17.3 Å². The second-order valence-corrected chi connectivity index (χ2v) is 7.51. The zero-order valence-corrected chi connectivity index (χ0v) is 15.3. The molecular weight excluding hydrogens is 348 g/mol. The predicted molar refractivity (Wildman–Crippen MR) is 101 cm³/mol. The van der Waals surface area contributed by atoms with Crippen LogP contribution in [0.5, 0.6) is 11.5 Å². The Kier molecular flexibility index (Phi) is 5.71. The topological polar surface area (TPSA) is 52.6 Å². The predicted octanol–water partition coefficient (Wildman–Crippen LogP) is 4.74. The number of para-hydroxylation sites is 1. The summed E-state index contributed by atoms with van der Waals surface area (Å²) in [5.41, 5.74) is 1.98. The molecule has 0 atom stereocenters. The van der Waals surface area contributed by atoms with E-state index in [1.807, 2.05) is 61.5 Å². The maximum absolute atomic E-state index is 12.1. The monoisotopic (exact) mass is 368 g/mol. The normalized spacial score (nSPS) is 11.3. The minimum absolute atomic E-state index is 0.0924. The van der Waals surface area contributed by atoms with Crippen LogP contribution in [0.25, 0.3) is 0 Å². The first-order valence-electron chi connectivity index (χ1n) is 8.31. The lowest BCUT2D eigenvalue weighted by Crippen LogP contribution is -2.09. The van der Waals surface area contributed by atoms with Gasteiger partial charge in [-0.15, -0.1) is 0 Å². The Labute approximate surface area is 154 Å². The van der Waals surface area contributed by atoms with Gasteiger partial charge in [0.25, 0.3) is 10.1 Å². The van der Waals surface area contributed by atoms with Crippen LogP contribution in [-0.2, 0) is 20.7 Å². The van der Waals surface area contributed by atoms with E-state index in [9.17, 15) is 8.42 Å². The van der Waals surface area contributed by atoms with Crippen LogP contribution in [0.3, 0.4) is 0 Å². The molecule has 0 saturated heterocycles. The number of rotatable bonds is 7. The maximum atomic E-state index is 12.1. The summed E-state index contributed by atoms with van der Waals surface area (Å²) in [7, 11) is -3.72. The lowest BCUT2D eigenvalue weighted by molar-refractivity contribution is 0.322. The van der Waals surface area contributed by atoms with Crippen LogP contribution < -0.4 is 4.74 Å². The van der Waals surface area contributed by atoms with Gasteiger partial charge in [-0.1, -0.05) is 48.0 Å². The Morgan fingerprint density at radius 1 is 0.769 bits per heavy atom. The van der Waals surface area contributed by atoms with Gasteiger partial charge >= 0.3 is 0 Å². The van der Waals surface area contributed by atoms with Crippen LogP contribution in [0.2, 0.25) is 0 Å². The van der Waals surface area contributed by atoms with Crippen molar-refractivity contribution in [2.24, 2.45) is 0 Å². The second kappa shape index (κ2) is 8.17. The molecule has 0 aliphatic rings. The minimum atomic E-state index is -3.72. The van der Waals surface area contributed by atoms with E-state index >= 15 is 0 Å². The van der Waals surface area contributed by atoms with Crippen molar-refractivity contribution in [2.75, 3.05) is 6.61 Å². The van der Waals surface area contributed by atoms with Crippen LogP contribution >= 0.6 is 0 Å². The molecule has 0 aliphatic carbocycles. The number of ether oxygens (including phenoxy) is 1. The number of benzene rings is 3. The summed E-state index contributed by atoms with van der Waals surface area (Å²) < 4.78 is 35.2. The van der Waals surface area contributed by atoms with Gasteiger partial charge in [0.1, 0.15) is 11.5 Å². The van der Waals surface area contributed by atoms with Crippen molar-refractivity contribution in [1.82, 2.24) is 0 Å². The molecule has 3 rings (SSSR count). The summed E-state index contributed by atoms with van der Waals surface area (Å²) in [5.74, 6) is 1.50. The Morgan fingerprint density at radius 3 is 2.04 bits per heavy atom. The van der Waals surface area contributed by atoms with E-state index < -0.39 is 10.1 Å². The summed E-state index contributed by atoms with van der Waals surface area (Å²) in [6.45, 7) is 2.00. The molecular formula is C21H20O4S. The van der Waals surface area contributed by atoms with E-state index in [-0.39, 0.29) is 11.5 Å². The highest BCUT2D eigenvalue weighted by molar-refractivity contribution is 7.86. The summed E-state index contributed by atoms with van der Waals surface area (Å²) in [5, 5.41) is 0. The molecule has 0 bridgehead atoms. The van der Waals surface area contributed by atoms with Gasteiger partial charge in [0, 0.05) is 0 Å². The number of hydrogen-bond donors (Lipinski definition) is 0. The molecule has 0 unspecified atom stereocenters. The van der Waals surface area contributed by atoms with Crippen molar-refractivity contribution in [3.63, 3.8) is 0 Å². The Balaban J connectivity index is 1.54. The summed E-state index contributed by atoms with van der Waals surface area (Å²) in [6.07, 6.45) is 0.497. The Hall–Kier alpha value is -2.63. The quantitative estimate of drug-likeness (QED) is 0.566. The highest BCUT2D eigenvalue weighted by Gasteiger charge is 2.14. The van der Waals surface area contributed by atoms with Crippen LogP contribution in [0.4, 0.5) is 0 Å². The highest BCUT2D eigenvalue weighted by atomic mass is 32.2. The first-order chi connectivity index (χ1) is 12.5. The lowest BCUT2D eigenvalue weighted by Gasteiger charge is -2.08. The average Bonchev–Trinajstić information content (AvgIpc) is 2.64. The van der Waals surface area contributed by atoms with Crippen LogP contribution in [0.1, 0.15) is 11.1 Å². The fraction of sp³-hybridized carbons (Fsp3) is 0.143. The molecule has 134 valence electrons. The molecule has 0 N–H and O–H groups in total. The van der Waals surface area contributed by atoms with Gasteiger partial charge in [-0.2, -0.15) is 8.42 Å². The summed E-state index contributed by atoms with van der Waals surface area (Å²) >= 11 is 0. The van der Waals surface area contributed by atoms with Crippen molar-refractivity contribution in [2.45, 2.75) is 18.2 Å². The molecule has 0 radical (unpaired) electrons. The number of aryl methyl sites for hydroxylation is 1. The third-order valence-corrected chi connectivity index (χ3v) is 5.17. The molecule has 0 spiro atoms. The van der Waals surface area contributed by atoms with Gasteiger partial charge < -0.3 is 4.74 Å². The van der Waals surface area contributed by atoms with Crippen LogP contribution in [0, 0.1) is 6.92 Å². The van der Waals surface area contributed by atoms with E-state index in [2.05, 4.69) is 0 Å². The van der Waals surface area contributed by atoms with Crippen LogP contribution in [-0.4, -0.2) is 15.0 Å². The zero-order valence-electron chi connectivity index (χ0n) is 14.5. The average molecular weight is 368 g/mol. The van der Waals surface area contributed by atoms with Crippen molar-refractivity contribution in [3.8, 4) is 11.5 Å². The molecule has 4 nitrogen and oxygen atoms in total. The first-order valence-corrected chi connectivity index (χ1v) is 9.72. The van der Waals surface area contributed by atoms with Gasteiger partial charge in [0.05, 0.1) is 11.5 Å². The fourth-order valence-corrected chi connectivity index (χ4v) is 3.30. The Morgan fingerprint density at radius 2 is 1.38 bits per heavy atom. The molecule has 0 amide bonds. The van der Waals surface area contributed by atoms with Crippen molar-refractivity contribution >= 4 is 10.1 Å². The standard InChI is InChI=1S/C21H20O4S/c1-17-7-13-21(14-8-17)26(22,23)24-16-15-18-9-11-20(12-10-18)25-19-5-3-2-4-6-19/h2-14H,15-16H2,1H3. The lowest BCUT2D eigenvalue weighted by atomic mass is 10.1. The third kappa shape index (κ3) is 4.94. The van der Waals surface area contributed by atoms with E-state index in [1.165, 1.54) is 0 Å². The van der Waals surface area contributed by atoms with E-state index in [0.29, 0.717) is 6.42 Å². The largest absolute Gasteiger partial charge is 0.457 e. The van der Waals surface area contributed by atoms with Crippen molar-refractivity contribution in [1.29, 1.82) is 0 Å². The molecule has 26 heavy (non-hydrogen) atoms. The Bertz CT molecular complexity index is 932. The van der Waals surface area contributed by atoms with Gasteiger partial charge in [-0.05, 0) is 55.3 Å². The van der Waals surface area contributed by atoms with Gasteiger partial charge in [-0.25, -0.2) is 0 Å². The zero-order chi connectivity index (χ0) is 18.4. The summed E-state index contributed by atoms with van der Waals surface area (Å²) in [4.78, 5) is 0.176. The van der Waals surface area contributed by atoms with E-state index in [4.69, 9.17) is 8.92 Å². The fourth-order valence-electron chi connectivity index (χ4n) is 2.39. The number of hydrogen-bond acceptors (Lipinski definition) is 4. The molecule has 5 heteroatoms. The van der Waals surface area contributed by atoms with Gasteiger partial charge in [-0.3, -0.25) is 4.18 Å². The van der Waals surface area contributed by atoms with Crippen molar-refractivity contribution in [3.05, 3.63) is 90.0 Å². The molecule has 0 aromatic heterocycles. The van der Waals surface area contributed by atoms with E-state index in [0.717, 1.165) is 22.6 Å². The molecule has 0 heterocycles. The van der Waals surface area contributed by atoms with Crippen LogP contribution in [0.15, 0.2) is 83.8 Å². The summed E-state index contributed by atoms with van der Waals surface area (Å²) in [6, 6.07) is 23.7. The van der Waals surface area contributed by atoms with Gasteiger partial charge in [0.2, 0.25) is 0 Å². The third-order valence-electron chi connectivity index (χ3n) is 3.84. The second-order valence-electron chi connectivity index (χ2n) is 5.90. The SMILES string of the molecule is Cc1ccc(S(=O)(=O)OCCc2ccc(Oc3ccccc3)cc2)cc1. The minimum Gasteiger partial charge on any atom is -0.457 e. The molecule has 0 aliphatic heterocycles. The van der Waals surface area contributed by atoms with Gasteiger partial charge in [0.15, 0.2) is 0 Å². The highest BCUT2D eigenvalue weighted by Crippen LogP contribution is 2.21. The van der Waals surface area contributed by atoms with E-state index in [1.54, 1.807) is 24.3 Å². The molecule has 0 fully saturated rings. The first kappa shape index (κ1) is 18.2. The molecule has 3 aromatic carbocycles. The maximum Gasteiger partial charge on any atom is 0.296 e. The molecule has 3 aromatic rings. The smallest absolute Gasteiger partial charge is 0.296 e. The molecule has 0 saturated carbocycles.